The number of ether oxygens (including phenoxy) is 1. The van der Waals surface area contributed by atoms with Crippen LogP contribution < -0.4 is 14.5 Å². The van der Waals surface area contributed by atoms with E-state index in [2.05, 4.69) is 4.84 Å². The lowest BCUT2D eigenvalue weighted by Gasteiger charge is -2.22. The van der Waals surface area contributed by atoms with Gasteiger partial charge in [-0.3, -0.25) is 9.32 Å². The molecule has 10 nitrogen and oxygen atoms in total. The molecule has 0 saturated carbocycles. The van der Waals surface area contributed by atoms with E-state index in [1.807, 2.05) is 5.48 Å². The monoisotopic (exact) mass is 453 g/mol. The number of rotatable bonds is 10. The third-order valence-electron chi connectivity index (χ3n) is 3.29. The van der Waals surface area contributed by atoms with Gasteiger partial charge in [-0.2, -0.15) is 0 Å². The van der Waals surface area contributed by atoms with Gasteiger partial charge in [0.05, 0.1) is 6.61 Å². The van der Waals surface area contributed by atoms with Crippen LogP contribution in [0.1, 0.15) is 20.8 Å². The highest BCUT2D eigenvalue weighted by Crippen LogP contribution is 2.49. The molecule has 1 atom stereocenters. The second-order valence-electron chi connectivity index (χ2n) is 7.13. The standard InChI is InChI=1S/C20H24NO9P/c1-20(2,3)27-19(24)28-21-17(18(22)23)14-26-31(25,29-15-10-6-4-7-11-15)30-16-12-8-5-9-13-16/h4-13,17,21H,14H2,1-3H3,(H,22,23)/t17-/m1/s1. The Morgan fingerprint density at radius 2 is 1.45 bits per heavy atom. The van der Waals surface area contributed by atoms with Gasteiger partial charge < -0.3 is 23.7 Å². The zero-order chi connectivity index (χ0) is 22.9. The van der Waals surface area contributed by atoms with Gasteiger partial charge in [-0.15, -0.1) is 5.48 Å². The van der Waals surface area contributed by atoms with Crippen molar-refractivity contribution in [2.45, 2.75) is 32.4 Å². The second-order valence-corrected chi connectivity index (χ2v) is 8.64. The fourth-order valence-corrected chi connectivity index (χ4v) is 3.24. The molecule has 2 N–H and O–H groups in total. The van der Waals surface area contributed by atoms with Crippen LogP contribution in [0.4, 0.5) is 4.79 Å². The highest BCUT2D eigenvalue weighted by atomic mass is 31.2. The molecule has 2 aromatic carbocycles. The summed E-state index contributed by atoms with van der Waals surface area (Å²) in [5.74, 6) is -1.06. The Kier molecular flexibility index (Phi) is 8.44. The smallest absolute Gasteiger partial charge is 0.480 e. The van der Waals surface area contributed by atoms with Crippen LogP contribution in [0.15, 0.2) is 60.7 Å². The van der Waals surface area contributed by atoms with Crippen LogP contribution in [0, 0.1) is 0 Å². The first-order valence-corrected chi connectivity index (χ1v) is 10.6. The lowest BCUT2D eigenvalue weighted by atomic mass is 10.2. The number of carbonyl (C=O) groups excluding carboxylic acids is 1. The first kappa shape index (κ1) is 24.2. The van der Waals surface area contributed by atoms with Gasteiger partial charge in [0.15, 0.2) is 6.04 Å². The van der Waals surface area contributed by atoms with E-state index in [0.717, 1.165) is 0 Å². The van der Waals surface area contributed by atoms with E-state index >= 15 is 0 Å². The van der Waals surface area contributed by atoms with E-state index in [9.17, 15) is 19.3 Å². The molecule has 0 aliphatic rings. The number of nitrogens with one attached hydrogen (secondary N) is 1. The maximum absolute atomic E-state index is 13.2. The Bertz CT molecular complexity index is 854. The molecule has 0 fully saturated rings. The van der Waals surface area contributed by atoms with Gasteiger partial charge >= 0.3 is 19.9 Å². The Morgan fingerprint density at radius 3 is 1.87 bits per heavy atom. The van der Waals surface area contributed by atoms with E-state index in [0.29, 0.717) is 0 Å². The lowest BCUT2D eigenvalue weighted by molar-refractivity contribution is -0.144. The van der Waals surface area contributed by atoms with Crippen LogP contribution >= 0.6 is 7.82 Å². The van der Waals surface area contributed by atoms with Gasteiger partial charge in [0, 0.05) is 0 Å². The average molecular weight is 453 g/mol. The van der Waals surface area contributed by atoms with Crippen molar-refractivity contribution in [1.29, 1.82) is 0 Å². The number of benzene rings is 2. The minimum atomic E-state index is -4.31. The molecule has 0 aliphatic heterocycles. The molecule has 0 saturated heterocycles. The number of para-hydroxylation sites is 2. The molecule has 0 aromatic heterocycles. The van der Waals surface area contributed by atoms with E-state index in [4.69, 9.17) is 18.3 Å². The van der Waals surface area contributed by atoms with Crippen LogP contribution in [-0.2, 0) is 23.5 Å². The number of hydrogen-bond acceptors (Lipinski definition) is 9. The second kappa shape index (κ2) is 10.8. The minimum absolute atomic E-state index is 0.187. The Hall–Kier alpha value is -3.07. The minimum Gasteiger partial charge on any atom is -0.480 e. The molecule has 0 spiro atoms. The largest absolute Gasteiger partial charge is 0.587 e. The van der Waals surface area contributed by atoms with Gasteiger partial charge in [0.2, 0.25) is 0 Å². The number of phosphoric acid groups is 1. The van der Waals surface area contributed by atoms with Crippen LogP contribution in [0.3, 0.4) is 0 Å². The van der Waals surface area contributed by atoms with Crippen molar-refractivity contribution in [1.82, 2.24) is 5.48 Å². The van der Waals surface area contributed by atoms with Gasteiger partial charge in [-0.25, -0.2) is 9.36 Å². The number of carboxylic acids is 1. The van der Waals surface area contributed by atoms with E-state index in [-0.39, 0.29) is 11.5 Å². The molecule has 0 amide bonds. The van der Waals surface area contributed by atoms with Crippen molar-refractivity contribution in [3.63, 3.8) is 0 Å². The summed E-state index contributed by atoms with van der Waals surface area (Å²) in [6, 6.07) is 14.6. The van der Waals surface area contributed by atoms with Crippen LogP contribution in [0.2, 0.25) is 0 Å². The van der Waals surface area contributed by atoms with Crippen LogP contribution in [-0.4, -0.2) is 35.5 Å². The number of hydroxylamine groups is 1. The Morgan fingerprint density at radius 1 is 0.968 bits per heavy atom. The van der Waals surface area contributed by atoms with E-state index in [1.165, 1.54) is 24.3 Å². The van der Waals surface area contributed by atoms with Crippen molar-refractivity contribution in [2.24, 2.45) is 0 Å². The molecule has 11 heteroatoms. The van der Waals surface area contributed by atoms with Gasteiger partial charge in [0.25, 0.3) is 0 Å². The van der Waals surface area contributed by atoms with Crippen molar-refractivity contribution in [2.75, 3.05) is 6.61 Å². The van der Waals surface area contributed by atoms with Gasteiger partial charge in [0.1, 0.15) is 17.1 Å². The number of aliphatic carboxylic acids is 1. The molecule has 31 heavy (non-hydrogen) atoms. The molecular formula is C20H24NO9P. The van der Waals surface area contributed by atoms with Crippen LogP contribution in [0.25, 0.3) is 0 Å². The number of carbonyl (C=O) groups is 2. The molecule has 0 unspecified atom stereocenters. The maximum Gasteiger partial charge on any atom is 0.587 e. The summed E-state index contributed by atoms with van der Waals surface area (Å²) in [5.41, 5.74) is 1.17. The average Bonchev–Trinajstić information content (AvgIpc) is 2.67. The zero-order valence-corrected chi connectivity index (χ0v) is 18.1. The molecular weight excluding hydrogens is 429 g/mol. The van der Waals surface area contributed by atoms with Crippen LogP contribution in [0.5, 0.6) is 11.5 Å². The predicted octanol–water partition coefficient (Wildman–Crippen LogP) is 4.18. The number of carboxylic acid groups (broad SMARTS) is 1. The summed E-state index contributed by atoms with van der Waals surface area (Å²) in [5, 5.41) is 9.35. The molecule has 0 aliphatic carbocycles. The first-order chi connectivity index (χ1) is 14.6. The predicted molar refractivity (Wildman–Crippen MR) is 110 cm³/mol. The molecule has 0 radical (unpaired) electrons. The summed E-state index contributed by atoms with van der Waals surface area (Å²) < 4.78 is 34.1. The van der Waals surface area contributed by atoms with Crippen molar-refractivity contribution in [3.05, 3.63) is 60.7 Å². The van der Waals surface area contributed by atoms with E-state index in [1.54, 1.807) is 57.2 Å². The summed E-state index contributed by atoms with van der Waals surface area (Å²) in [6.45, 7) is 4.13. The molecule has 2 aromatic rings. The molecule has 0 bridgehead atoms. The van der Waals surface area contributed by atoms with Gasteiger partial charge in [-0.05, 0) is 45.0 Å². The Labute approximate surface area is 179 Å². The molecule has 2 rings (SSSR count). The fourth-order valence-electron chi connectivity index (χ4n) is 2.00. The highest BCUT2D eigenvalue weighted by molar-refractivity contribution is 7.49. The molecule has 168 valence electrons. The Balaban J connectivity index is 2.08. The zero-order valence-electron chi connectivity index (χ0n) is 17.2. The molecule has 0 heterocycles. The summed E-state index contributed by atoms with van der Waals surface area (Å²) in [6.07, 6.45) is -1.14. The normalized spacial score (nSPS) is 12.5. The van der Waals surface area contributed by atoms with Gasteiger partial charge in [-0.1, -0.05) is 36.4 Å². The SMILES string of the molecule is CC(C)(C)OC(=O)ON[C@H](COP(=O)(Oc1ccccc1)Oc1ccccc1)C(=O)O. The highest BCUT2D eigenvalue weighted by Gasteiger charge is 2.34. The van der Waals surface area contributed by atoms with E-state index < -0.39 is 38.2 Å². The third kappa shape index (κ3) is 9.08. The van der Waals surface area contributed by atoms with Crippen molar-refractivity contribution in [3.8, 4) is 11.5 Å². The van der Waals surface area contributed by atoms with Crippen molar-refractivity contribution < 1.29 is 42.4 Å². The number of phosphoric ester groups is 1. The maximum atomic E-state index is 13.2. The van der Waals surface area contributed by atoms with Crippen molar-refractivity contribution >= 4 is 19.9 Å². The quantitative estimate of drug-likeness (QED) is 0.307. The summed E-state index contributed by atoms with van der Waals surface area (Å²) in [7, 11) is -4.31. The fraction of sp³-hybridized carbons (Fsp3) is 0.300. The summed E-state index contributed by atoms with van der Waals surface area (Å²) in [4.78, 5) is 27.7. The summed E-state index contributed by atoms with van der Waals surface area (Å²) >= 11 is 0. The third-order valence-corrected chi connectivity index (χ3v) is 4.63. The topological polar surface area (TPSA) is 130 Å². The lowest BCUT2D eigenvalue weighted by Crippen LogP contribution is -2.42. The first-order valence-electron chi connectivity index (χ1n) is 9.18. The number of hydrogen-bond donors (Lipinski definition) is 2.